The molecule has 0 radical (unpaired) electrons. The molecule has 0 unspecified atom stereocenters. The highest BCUT2D eigenvalue weighted by Gasteiger charge is 2.17. The van der Waals surface area contributed by atoms with Crippen molar-refractivity contribution in [3.63, 3.8) is 0 Å². The Hall–Kier alpha value is -2.64. The van der Waals surface area contributed by atoms with Gasteiger partial charge in [-0.15, -0.1) is 4.68 Å². The first-order chi connectivity index (χ1) is 8.65. The monoisotopic (exact) mass is 250 g/mol. The van der Waals surface area contributed by atoms with Gasteiger partial charge in [0.2, 0.25) is 6.33 Å². The van der Waals surface area contributed by atoms with Crippen LogP contribution in [0.4, 0.5) is 5.95 Å². The smallest absolute Gasteiger partial charge is 0.491 e. The molecule has 0 aliphatic heterocycles. The number of methoxy groups -OCH3 is 2. The van der Waals surface area contributed by atoms with Gasteiger partial charge in [0, 0.05) is 11.2 Å². The molecule has 94 valence electrons. The summed E-state index contributed by atoms with van der Waals surface area (Å²) in [5, 5.41) is 14.3. The molecule has 1 aromatic carbocycles. The van der Waals surface area contributed by atoms with Crippen LogP contribution < -0.4 is 9.47 Å². The van der Waals surface area contributed by atoms with Crippen molar-refractivity contribution in [1.29, 1.82) is 0 Å². The zero-order chi connectivity index (χ0) is 13.1. The van der Waals surface area contributed by atoms with Crippen molar-refractivity contribution in [2.75, 3.05) is 14.2 Å². The molecule has 0 N–H and O–H groups in total. The molecule has 0 amide bonds. The molecular weight excluding hydrogens is 240 g/mol. The number of nitrogens with zero attached hydrogens (tertiary/aromatic N) is 4. The third kappa shape index (κ3) is 2.08. The van der Waals surface area contributed by atoms with E-state index in [1.807, 2.05) is 0 Å². The van der Waals surface area contributed by atoms with E-state index in [1.165, 1.54) is 25.2 Å². The number of aromatic nitrogens is 3. The predicted octanol–water partition coefficient (Wildman–Crippen LogP) is 1.19. The minimum Gasteiger partial charge on any atom is -0.497 e. The van der Waals surface area contributed by atoms with Crippen LogP contribution in [0.3, 0.4) is 0 Å². The summed E-state index contributed by atoms with van der Waals surface area (Å²) < 4.78 is 11.5. The van der Waals surface area contributed by atoms with Gasteiger partial charge in [0.25, 0.3) is 0 Å². The fourth-order valence-electron chi connectivity index (χ4n) is 1.43. The van der Waals surface area contributed by atoms with Crippen LogP contribution in [0.5, 0.6) is 11.5 Å². The standard InChI is InChI=1S/C10H10N4O4/c1-17-7-3-4-9(18-2)8(5-7)13-6-11-10(12-13)14(15)16/h3-6H,1-2H3. The van der Waals surface area contributed by atoms with Gasteiger partial charge in [-0.25, -0.2) is 0 Å². The Balaban J connectivity index is 2.50. The Labute approximate surface area is 102 Å². The van der Waals surface area contributed by atoms with Crippen LogP contribution in [-0.2, 0) is 0 Å². The van der Waals surface area contributed by atoms with Gasteiger partial charge in [-0.1, -0.05) is 4.98 Å². The highest BCUT2D eigenvalue weighted by atomic mass is 16.6. The summed E-state index contributed by atoms with van der Waals surface area (Å²) in [5.74, 6) is 0.624. The first-order valence-corrected chi connectivity index (χ1v) is 4.94. The van der Waals surface area contributed by atoms with Crippen molar-refractivity contribution in [2.24, 2.45) is 0 Å². The SMILES string of the molecule is COc1ccc(OC)c(-n2cnc([N+](=O)[O-])n2)c1. The largest absolute Gasteiger partial charge is 0.497 e. The molecule has 0 saturated heterocycles. The fraction of sp³-hybridized carbons (Fsp3) is 0.200. The summed E-state index contributed by atoms with van der Waals surface area (Å²) in [5.41, 5.74) is 0.512. The zero-order valence-corrected chi connectivity index (χ0v) is 9.73. The van der Waals surface area contributed by atoms with Crippen LogP contribution in [0, 0.1) is 10.1 Å². The second-order valence-electron chi connectivity index (χ2n) is 3.28. The Morgan fingerprint density at radius 1 is 1.33 bits per heavy atom. The molecule has 2 aromatic rings. The van der Waals surface area contributed by atoms with Crippen molar-refractivity contribution < 1.29 is 14.4 Å². The molecule has 0 saturated carbocycles. The number of rotatable bonds is 4. The lowest BCUT2D eigenvalue weighted by Crippen LogP contribution is -2.00. The minimum absolute atomic E-state index is 0.472. The van der Waals surface area contributed by atoms with Crippen LogP contribution >= 0.6 is 0 Å². The second-order valence-corrected chi connectivity index (χ2v) is 3.28. The van der Waals surface area contributed by atoms with Crippen molar-refractivity contribution in [1.82, 2.24) is 14.8 Å². The lowest BCUT2D eigenvalue weighted by Gasteiger charge is -2.07. The third-order valence-corrected chi connectivity index (χ3v) is 2.28. The number of hydrogen-bond donors (Lipinski definition) is 0. The summed E-state index contributed by atoms with van der Waals surface area (Å²) in [6.45, 7) is 0. The molecule has 1 aromatic heterocycles. The number of ether oxygens (including phenoxy) is 2. The Morgan fingerprint density at radius 2 is 2.11 bits per heavy atom. The summed E-state index contributed by atoms with van der Waals surface area (Å²) in [6.07, 6.45) is 1.25. The van der Waals surface area contributed by atoms with Crippen molar-refractivity contribution in [3.8, 4) is 17.2 Å². The van der Waals surface area contributed by atoms with Crippen molar-refractivity contribution in [2.45, 2.75) is 0 Å². The molecule has 0 spiro atoms. The highest BCUT2D eigenvalue weighted by molar-refractivity contribution is 5.50. The third-order valence-electron chi connectivity index (χ3n) is 2.28. The maximum absolute atomic E-state index is 10.5. The van der Waals surface area contributed by atoms with Gasteiger partial charge >= 0.3 is 5.95 Å². The first-order valence-electron chi connectivity index (χ1n) is 4.94. The van der Waals surface area contributed by atoms with Gasteiger partial charge in [-0.3, -0.25) is 0 Å². The van der Waals surface area contributed by atoms with E-state index < -0.39 is 10.9 Å². The van der Waals surface area contributed by atoms with Crippen molar-refractivity contribution in [3.05, 3.63) is 34.6 Å². The molecule has 2 rings (SSSR count). The van der Waals surface area contributed by atoms with Gasteiger partial charge in [-0.05, 0) is 17.1 Å². The van der Waals surface area contributed by atoms with Gasteiger partial charge in [0.1, 0.15) is 17.2 Å². The first kappa shape index (κ1) is 11.8. The summed E-state index contributed by atoms with van der Waals surface area (Å²) >= 11 is 0. The summed E-state index contributed by atoms with van der Waals surface area (Å²) in [4.78, 5) is 13.5. The molecule has 0 atom stereocenters. The van der Waals surface area contributed by atoms with E-state index in [0.717, 1.165) is 0 Å². The molecule has 8 nitrogen and oxygen atoms in total. The van der Waals surface area contributed by atoms with E-state index in [4.69, 9.17) is 9.47 Å². The van der Waals surface area contributed by atoms with Crippen LogP contribution in [0.15, 0.2) is 24.5 Å². The molecular formula is C10H10N4O4. The Morgan fingerprint density at radius 3 is 2.67 bits per heavy atom. The molecule has 8 heteroatoms. The molecule has 0 fully saturated rings. The fourth-order valence-corrected chi connectivity index (χ4v) is 1.43. The lowest BCUT2D eigenvalue weighted by molar-refractivity contribution is -0.394. The van der Waals surface area contributed by atoms with E-state index in [9.17, 15) is 10.1 Å². The van der Waals surface area contributed by atoms with Gasteiger partial charge in [-0.2, -0.15) is 0 Å². The van der Waals surface area contributed by atoms with E-state index >= 15 is 0 Å². The van der Waals surface area contributed by atoms with Crippen LogP contribution in [0.25, 0.3) is 5.69 Å². The van der Waals surface area contributed by atoms with E-state index in [2.05, 4.69) is 10.1 Å². The molecule has 1 heterocycles. The normalized spacial score (nSPS) is 10.1. The average Bonchev–Trinajstić information content (AvgIpc) is 2.87. The van der Waals surface area contributed by atoms with Gasteiger partial charge in [0.15, 0.2) is 0 Å². The average molecular weight is 250 g/mol. The minimum atomic E-state index is -0.664. The summed E-state index contributed by atoms with van der Waals surface area (Å²) in [7, 11) is 3.02. The van der Waals surface area contributed by atoms with Crippen LogP contribution in [-0.4, -0.2) is 33.9 Å². The number of hydrogen-bond acceptors (Lipinski definition) is 6. The topological polar surface area (TPSA) is 92.3 Å². The maximum Gasteiger partial charge on any atom is 0.491 e. The van der Waals surface area contributed by atoms with Crippen LogP contribution in [0.2, 0.25) is 0 Å². The molecule has 0 bridgehead atoms. The van der Waals surface area contributed by atoms with Crippen LogP contribution in [0.1, 0.15) is 0 Å². The van der Waals surface area contributed by atoms with Gasteiger partial charge < -0.3 is 19.6 Å². The van der Waals surface area contributed by atoms with E-state index in [-0.39, 0.29) is 0 Å². The highest BCUT2D eigenvalue weighted by Crippen LogP contribution is 2.27. The predicted molar refractivity (Wildman–Crippen MR) is 61.1 cm³/mol. The van der Waals surface area contributed by atoms with E-state index in [1.54, 1.807) is 18.2 Å². The maximum atomic E-state index is 10.5. The van der Waals surface area contributed by atoms with Crippen molar-refractivity contribution >= 4 is 5.95 Å². The number of nitro groups is 1. The van der Waals surface area contributed by atoms with E-state index in [0.29, 0.717) is 17.2 Å². The molecule has 0 aliphatic rings. The number of benzene rings is 1. The molecule has 0 aliphatic carbocycles. The Kier molecular flexibility index (Phi) is 3.09. The van der Waals surface area contributed by atoms with Gasteiger partial charge in [0.05, 0.1) is 14.2 Å². The summed E-state index contributed by atoms with van der Waals surface area (Å²) in [6, 6.07) is 5.05. The molecule has 18 heavy (non-hydrogen) atoms. The zero-order valence-electron chi connectivity index (χ0n) is 9.73. The quantitative estimate of drug-likeness (QED) is 0.597. The lowest BCUT2D eigenvalue weighted by atomic mass is 10.3. The second kappa shape index (κ2) is 4.70. The Bertz CT molecular complexity index is 581.